The molecule has 0 saturated carbocycles. The van der Waals surface area contributed by atoms with Crippen molar-refractivity contribution in [1.29, 1.82) is 0 Å². The molecule has 94 valence electrons. The average molecular weight is 282 g/mol. The normalized spacial score (nSPS) is 13.5. The van der Waals surface area contributed by atoms with E-state index in [9.17, 15) is 0 Å². The Balaban J connectivity index is 2.20. The van der Waals surface area contributed by atoms with E-state index < -0.39 is 0 Å². The van der Waals surface area contributed by atoms with Gasteiger partial charge in [0.2, 0.25) is 0 Å². The van der Waals surface area contributed by atoms with Gasteiger partial charge >= 0.3 is 0 Å². The van der Waals surface area contributed by atoms with Crippen molar-refractivity contribution in [3.8, 4) is 5.69 Å². The summed E-state index contributed by atoms with van der Waals surface area (Å²) in [6.07, 6.45) is 1.95. The quantitative estimate of drug-likeness (QED) is 0.910. The third-order valence-electron chi connectivity index (χ3n) is 3.21. The maximum Gasteiger partial charge on any atom is 0.133 e. The van der Waals surface area contributed by atoms with Gasteiger partial charge in [0.15, 0.2) is 0 Å². The summed E-state index contributed by atoms with van der Waals surface area (Å²) >= 11 is 12.3. The van der Waals surface area contributed by atoms with Crippen molar-refractivity contribution in [2.75, 3.05) is 11.9 Å². The van der Waals surface area contributed by atoms with Crippen LogP contribution in [0.25, 0.3) is 5.69 Å². The van der Waals surface area contributed by atoms with Crippen LogP contribution >= 0.6 is 23.2 Å². The van der Waals surface area contributed by atoms with E-state index in [4.69, 9.17) is 23.2 Å². The molecule has 0 atom stereocenters. The maximum absolute atomic E-state index is 6.24. The topological polar surface area (TPSA) is 29.9 Å². The molecule has 2 aromatic rings. The molecule has 3 rings (SSSR count). The van der Waals surface area contributed by atoms with Gasteiger partial charge in [0.05, 0.1) is 16.4 Å². The number of fused-ring (bicyclic) bond motifs is 1. The van der Waals surface area contributed by atoms with Gasteiger partial charge in [-0.1, -0.05) is 30.1 Å². The molecule has 3 nitrogen and oxygen atoms in total. The molecule has 0 amide bonds. The molecule has 0 saturated heterocycles. The minimum atomic E-state index is 0.654. The van der Waals surface area contributed by atoms with Crippen molar-refractivity contribution in [1.82, 2.24) is 9.78 Å². The Bertz CT molecular complexity index is 605. The lowest BCUT2D eigenvalue weighted by molar-refractivity contribution is 0.832. The highest BCUT2D eigenvalue weighted by atomic mass is 35.5. The van der Waals surface area contributed by atoms with Gasteiger partial charge < -0.3 is 5.32 Å². The third kappa shape index (κ3) is 1.78. The average Bonchev–Trinajstić information content (AvgIpc) is 2.93. The molecule has 1 N–H and O–H groups in total. The highest BCUT2D eigenvalue weighted by Gasteiger charge is 2.22. The zero-order chi connectivity index (χ0) is 12.7. The number of aromatic nitrogens is 2. The smallest absolute Gasteiger partial charge is 0.133 e. The number of hydrogen-bond donors (Lipinski definition) is 1. The van der Waals surface area contributed by atoms with E-state index in [0.29, 0.717) is 10.0 Å². The first-order valence-electron chi connectivity index (χ1n) is 6.00. The lowest BCUT2D eigenvalue weighted by Gasteiger charge is -2.08. The second kappa shape index (κ2) is 4.48. The zero-order valence-corrected chi connectivity index (χ0v) is 11.5. The largest absolute Gasteiger partial charge is 0.369 e. The van der Waals surface area contributed by atoms with Crippen LogP contribution in [-0.4, -0.2) is 16.3 Å². The van der Waals surface area contributed by atoms with E-state index in [1.807, 2.05) is 10.7 Å². The molecule has 1 aromatic heterocycles. The fraction of sp³-hybridized carbons (Fsp3) is 0.308. The van der Waals surface area contributed by atoms with Crippen LogP contribution in [0.15, 0.2) is 18.2 Å². The van der Waals surface area contributed by atoms with Crippen LogP contribution in [0.2, 0.25) is 10.0 Å². The van der Waals surface area contributed by atoms with Gasteiger partial charge in [-0.25, -0.2) is 4.68 Å². The molecule has 0 aliphatic carbocycles. The van der Waals surface area contributed by atoms with E-state index in [1.165, 1.54) is 5.56 Å². The minimum absolute atomic E-state index is 0.654. The van der Waals surface area contributed by atoms with Gasteiger partial charge in [-0.2, -0.15) is 5.10 Å². The summed E-state index contributed by atoms with van der Waals surface area (Å²) in [4.78, 5) is 0. The SMILES string of the molecule is CCc1nn(-c2cc(Cl)ccc2Cl)c2c1CCN2. The van der Waals surface area contributed by atoms with Gasteiger partial charge in [0.1, 0.15) is 5.82 Å². The van der Waals surface area contributed by atoms with Gasteiger partial charge in [0, 0.05) is 17.1 Å². The summed E-state index contributed by atoms with van der Waals surface area (Å²) in [6, 6.07) is 5.43. The molecule has 0 spiro atoms. The Morgan fingerprint density at radius 3 is 3.00 bits per heavy atom. The molecule has 0 unspecified atom stereocenters. The molecule has 0 radical (unpaired) electrons. The van der Waals surface area contributed by atoms with Crippen LogP contribution in [0.4, 0.5) is 5.82 Å². The molecule has 0 fully saturated rings. The van der Waals surface area contributed by atoms with Gasteiger partial charge in [-0.3, -0.25) is 0 Å². The zero-order valence-electron chi connectivity index (χ0n) is 10.0. The molecular weight excluding hydrogens is 269 g/mol. The number of halogens is 2. The van der Waals surface area contributed by atoms with E-state index >= 15 is 0 Å². The highest BCUT2D eigenvalue weighted by Crippen LogP contribution is 2.32. The highest BCUT2D eigenvalue weighted by molar-refractivity contribution is 6.34. The number of nitrogens with one attached hydrogen (secondary N) is 1. The van der Waals surface area contributed by atoms with Gasteiger partial charge in [-0.15, -0.1) is 0 Å². The van der Waals surface area contributed by atoms with Crippen LogP contribution in [0, 0.1) is 0 Å². The summed E-state index contributed by atoms with van der Waals surface area (Å²) in [5, 5.41) is 9.32. The molecule has 0 bridgehead atoms. The Kier molecular flexibility index (Phi) is 2.96. The predicted molar refractivity (Wildman–Crippen MR) is 75.2 cm³/mol. The van der Waals surface area contributed by atoms with Crippen molar-refractivity contribution in [2.24, 2.45) is 0 Å². The van der Waals surface area contributed by atoms with E-state index in [2.05, 4.69) is 17.3 Å². The van der Waals surface area contributed by atoms with Crippen LogP contribution in [0.5, 0.6) is 0 Å². The Hall–Kier alpha value is -1.19. The maximum atomic E-state index is 6.24. The Morgan fingerprint density at radius 2 is 2.22 bits per heavy atom. The lowest BCUT2D eigenvalue weighted by atomic mass is 10.2. The molecule has 1 aliphatic heterocycles. The summed E-state index contributed by atoms with van der Waals surface area (Å²) in [5.74, 6) is 1.05. The molecule has 1 aliphatic rings. The summed E-state index contributed by atoms with van der Waals surface area (Å²) in [5.41, 5.74) is 3.26. The van der Waals surface area contributed by atoms with E-state index in [-0.39, 0.29) is 0 Å². The second-order valence-corrected chi connectivity index (χ2v) is 5.16. The van der Waals surface area contributed by atoms with Crippen LogP contribution in [-0.2, 0) is 12.8 Å². The Labute approximate surface area is 116 Å². The molecule has 1 aromatic carbocycles. The first kappa shape index (κ1) is 11.9. The number of nitrogens with zero attached hydrogens (tertiary/aromatic N) is 2. The monoisotopic (exact) mass is 281 g/mol. The van der Waals surface area contributed by atoms with Crippen LogP contribution in [0.1, 0.15) is 18.2 Å². The van der Waals surface area contributed by atoms with E-state index in [0.717, 1.165) is 36.6 Å². The first-order chi connectivity index (χ1) is 8.70. The molecule has 5 heteroatoms. The van der Waals surface area contributed by atoms with E-state index in [1.54, 1.807) is 12.1 Å². The van der Waals surface area contributed by atoms with Crippen molar-refractivity contribution in [2.45, 2.75) is 19.8 Å². The number of benzene rings is 1. The van der Waals surface area contributed by atoms with Crippen molar-refractivity contribution < 1.29 is 0 Å². The minimum Gasteiger partial charge on any atom is -0.369 e. The number of anilines is 1. The number of aryl methyl sites for hydroxylation is 1. The fourth-order valence-electron chi connectivity index (χ4n) is 2.35. The van der Waals surface area contributed by atoms with Crippen molar-refractivity contribution in [3.05, 3.63) is 39.5 Å². The molecule has 18 heavy (non-hydrogen) atoms. The predicted octanol–water partition coefficient (Wildman–Crippen LogP) is 3.71. The second-order valence-electron chi connectivity index (χ2n) is 4.31. The van der Waals surface area contributed by atoms with Gasteiger partial charge in [-0.05, 0) is 31.0 Å². The summed E-state index contributed by atoms with van der Waals surface area (Å²) in [6.45, 7) is 3.07. The summed E-state index contributed by atoms with van der Waals surface area (Å²) in [7, 11) is 0. The third-order valence-corrected chi connectivity index (χ3v) is 3.76. The van der Waals surface area contributed by atoms with Crippen LogP contribution in [0.3, 0.4) is 0 Å². The molecule has 2 heterocycles. The number of hydrogen-bond acceptors (Lipinski definition) is 2. The summed E-state index contributed by atoms with van der Waals surface area (Å²) < 4.78 is 1.87. The number of rotatable bonds is 2. The van der Waals surface area contributed by atoms with Crippen LogP contribution < -0.4 is 5.32 Å². The standard InChI is InChI=1S/C13H13Cl2N3/c1-2-11-9-5-6-16-13(9)18(17-11)12-7-8(14)3-4-10(12)15/h3-4,7,16H,2,5-6H2,1H3. The van der Waals surface area contributed by atoms with Gasteiger partial charge in [0.25, 0.3) is 0 Å². The lowest BCUT2D eigenvalue weighted by Crippen LogP contribution is -2.05. The first-order valence-corrected chi connectivity index (χ1v) is 6.76. The Morgan fingerprint density at radius 1 is 1.39 bits per heavy atom. The van der Waals surface area contributed by atoms with Crippen molar-refractivity contribution >= 4 is 29.0 Å². The molecular formula is C13H13Cl2N3. The van der Waals surface area contributed by atoms with Crippen molar-refractivity contribution in [3.63, 3.8) is 0 Å². The fourth-order valence-corrected chi connectivity index (χ4v) is 2.72.